The first kappa shape index (κ1) is 69.9. The average molecular weight is 1190 g/mol. The molecule has 0 amide bonds. The van der Waals surface area contributed by atoms with Gasteiger partial charge >= 0.3 is 44.8 Å². The van der Waals surface area contributed by atoms with E-state index < -0.39 is 107 Å². The highest BCUT2D eigenvalue weighted by molar-refractivity contribution is 7.48. The van der Waals surface area contributed by atoms with Gasteiger partial charge in [0.2, 0.25) is 0 Å². The van der Waals surface area contributed by atoms with Crippen LogP contribution in [0.15, 0.2) is 15.8 Å². The van der Waals surface area contributed by atoms with Crippen LogP contribution in [0.2, 0.25) is 0 Å². The molecule has 1 aromatic rings. The summed E-state index contributed by atoms with van der Waals surface area (Å²) in [7, 11) is -23.4. The number of terminal acetylenes is 3. The maximum Gasteiger partial charge on any atom is 0.472 e. The van der Waals surface area contributed by atoms with E-state index in [4.69, 9.17) is 83.5 Å². The molecular weight excluding hydrogens is 1120 g/mol. The highest BCUT2D eigenvalue weighted by Gasteiger charge is 2.44. The number of rotatable bonds is 46. The fraction of sp³-hybridized carbons (Fsp3) is 0.767. The largest absolute Gasteiger partial charge is 0.472 e. The van der Waals surface area contributed by atoms with Gasteiger partial charge in [0.1, 0.15) is 24.0 Å². The molecule has 0 aliphatic carbocycles. The first-order chi connectivity index (χ1) is 35.9. The Morgan fingerprint density at radius 3 is 1.49 bits per heavy atom. The van der Waals surface area contributed by atoms with E-state index in [0.29, 0.717) is 57.8 Å². The first-order valence-electron chi connectivity index (χ1n) is 24.1. The van der Waals surface area contributed by atoms with Gasteiger partial charge in [0, 0.05) is 57.3 Å². The Labute approximate surface area is 442 Å². The van der Waals surface area contributed by atoms with Gasteiger partial charge in [0.05, 0.1) is 72.7 Å². The van der Waals surface area contributed by atoms with E-state index in [0.717, 1.165) is 4.57 Å². The van der Waals surface area contributed by atoms with Gasteiger partial charge in [-0.1, -0.05) is 0 Å². The zero-order valence-corrected chi connectivity index (χ0v) is 47.1. The molecule has 0 spiro atoms. The molecule has 28 nitrogen and oxygen atoms in total. The minimum absolute atomic E-state index is 0.00224. The number of H-pyrrole nitrogens is 1. The zero-order chi connectivity index (χ0) is 56.6. The van der Waals surface area contributed by atoms with Gasteiger partial charge in [0.25, 0.3) is 5.56 Å². The molecule has 0 radical (unpaired) electrons. The van der Waals surface area contributed by atoms with E-state index in [9.17, 15) is 56.9 Å². The van der Waals surface area contributed by atoms with E-state index in [2.05, 4.69) is 22.7 Å². The van der Waals surface area contributed by atoms with E-state index in [1.807, 2.05) is 0 Å². The molecule has 76 heavy (non-hydrogen) atoms. The van der Waals surface area contributed by atoms with Gasteiger partial charge in [-0.3, -0.25) is 59.6 Å². The molecule has 1 aromatic heterocycles. The Kier molecular flexibility index (Phi) is 33.9. The van der Waals surface area contributed by atoms with Gasteiger partial charge in [-0.05, 0) is 71.6 Å². The van der Waals surface area contributed by atoms with E-state index >= 15 is 0 Å². The second-order valence-electron chi connectivity index (χ2n) is 16.5. The van der Waals surface area contributed by atoms with Crippen LogP contribution in [0.1, 0.15) is 102 Å². The van der Waals surface area contributed by atoms with Gasteiger partial charge < -0.3 is 43.4 Å². The molecule has 436 valence electrons. The van der Waals surface area contributed by atoms with E-state index in [1.54, 1.807) is 0 Å². The molecule has 1 aliphatic rings. The number of unbranched alkanes of at least 4 members (excludes halogenated alkanes) is 6. The monoisotopic (exact) mass is 1190 g/mol. The molecule has 6 N–H and O–H groups in total. The lowest BCUT2D eigenvalue weighted by molar-refractivity contribution is -0.157. The van der Waals surface area contributed by atoms with Crippen molar-refractivity contribution in [3.8, 4) is 37.0 Å². The highest BCUT2D eigenvalue weighted by Crippen LogP contribution is 2.50. The van der Waals surface area contributed by atoms with Crippen LogP contribution in [0.4, 0.5) is 0 Å². The minimum atomic E-state index is -5.23. The van der Waals surface area contributed by atoms with Crippen molar-refractivity contribution in [1.82, 2.24) is 9.55 Å². The minimum Gasteiger partial charge on any atom is -0.378 e. The Bertz CT molecular complexity index is 2290. The number of hydrogen-bond donors (Lipinski definition) is 6. The summed E-state index contributed by atoms with van der Waals surface area (Å²) in [5, 5.41) is 0. The molecule has 0 aromatic carbocycles. The summed E-state index contributed by atoms with van der Waals surface area (Å²) in [5.74, 6) is 7.35. The number of phosphoric acid groups is 5. The molecule has 0 bridgehead atoms. The summed E-state index contributed by atoms with van der Waals surface area (Å²) in [6.45, 7) is -2.19. The third kappa shape index (κ3) is 30.9. The van der Waals surface area contributed by atoms with E-state index in [-0.39, 0.29) is 90.7 Å². The Morgan fingerprint density at radius 1 is 0.605 bits per heavy atom. The van der Waals surface area contributed by atoms with Crippen LogP contribution in [-0.4, -0.2) is 144 Å². The standard InChI is InChI=1S/C43H73N2O26P5/c1-6-10-13-16-25-62-72(48,49)65-28-19-22-58-34-43(60-24-21-30-67-74(52,53)64-27-18-15-12-8-3,35-59-23-20-29-66-73(50,51)63-26-17-14-11-7-2)36-69-75(54,55)68-33-39-38(71-76(56,57)61-9-4)31-40(70-39)45-32-37(5)41(46)44-42(45)47/h1-3,32,38-40H,9-31,33-36H2,4-5H3,(H,48,49)(H,50,51)(H,52,53)(H,54,55)(H,56,57)(H,44,46,47)/t38?,39-,40-/m1/s1. The Hall–Kier alpha value is -2.25. The van der Waals surface area contributed by atoms with Crippen LogP contribution in [0.5, 0.6) is 0 Å². The van der Waals surface area contributed by atoms with Crippen molar-refractivity contribution in [3.05, 3.63) is 32.6 Å². The average Bonchev–Trinajstić information content (AvgIpc) is 3.74. The molecule has 2 heterocycles. The van der Waals surface area contributed by atoms with Crippen molar-refractivity contribution in [3.63, 3.8) is 0 Å². The smallest absolute Gasteiger partial charge is 0.378 e. The van der Waals surface area contributed by atoms with Crippen LogP contribution in [-0.2, 0) is 87.0 Å². The molecule has 2 rings (SSSR count). The first-order valence-corrected chi connectivity index (χ1v) is 31.6. The predicted molar refractivity (Wildman–Crippen MR) is 270 cm³/mol. The molecule has 8 atom stereocenters. The Morgan fingerprint density at radius 2 is 1.04 bits per heavy atom. The lowest BCUT2D eigenvalue weighted by Gasteiger charge is -2.34. The van der Waals surface area contributed by atoms with Gasteiger partial charge in [0.15, 0.2) is 0 Å². The van der Waals surface area contributed by atoms with Crippen molar-refractivity contribution in [2.24, 2.45) is 0 Å². The van der Waals surface area contributed by atoms with Crippen molar-refractivity contribution >= 4 is 39.1 Å². The summed E-state index contributed by atoms with van der Waals surface area (Å²) in [4.78, 5) is 78.6. The molecule has 0 saturated carbocycles. The van der Waals surface area contributed by atoms with Gasteiger partial charge in [-0.2, -0.15) is 0 Å². The summed E-state index contributed by atoms with van der Waals surface area (Å²) >= 11 is 0. The SMILES string of the molecule is C#CCCCCOP(=O)(O)OCCCOCC(COCCCOP(=O)(O)OCCCCC#C)(COP(=O)(O)OC[C@H]1O[C@@H](n2cc(C)c(=O)[nH]c2=O)CC1OP(=O)(O)OCC)OCCCOP(=O)(O)OCCCCC#C. The number of aromatic nitrogens is 2. The van der Waals surface area contributed by atoms with Crippen molar-refractivity contribution in [2.75, 3.05) is 92.5 Å². The van der Waals surface area contributed by atoms with Crippen molar-refractivity contribution in [1.29, 1.82) is 0 Å². The number of aryl methyl sites for hydroxylation is 1. The molecule has 6 unspecified atom stereocenters. The maximum atomic E-state index is 13.7. The molecule has 1 aliphatic heterocycles. The molecule has 1 fully saturated rings. The zero-order valence-electron chi connectivity index (χ0n) is 42.6. The Balaban J connectivity index is 2.32. The fourth-order valence-electron chi connectivity index (χ4n) is 6.32. The lowest BCUT2D eigenvalue weighted by atomic mass is 10.1. The number of hydrogen-bond acceptors (Lipinski definition) is 21. The second kappa shape index (κ2) is 36.9. The van der Waals surface area contributed by atoms with Crippen LogP contribution in [0.3, 0.4) is 0 Å². The topological polar surface area (TPSA) is 371 Å². The lowest BCUT2D eigenvalue weighted by Crippen LogP contribution is -2.47. The summed E-state index contributed by atoms with van der Waals surface area (Å²) in [6, 6.07) is 0. The van der Waals surface area contributed by atoms with Crippen molar-refractivity contribution in [2.45, 2.75) is 121 Å². The third-order valence-corrected chi connectivity index (χ3v) is 15.2. The van der Waals surface area contributed by atoms with Crippen molar-refractivity contribution < 1.29 is 111 Å². The van der Waals surface area contributed by atoms with Crippen LogP contribution in [0, 0.1) is 44.0 Å². The molecular formula is C43H73N2O26P5. The quantitative estimate of drug-likeness (QED) is 0.0264. The van der Waals surface area contributed by atoms with Gasteiger partial charge in [-0.15, -0.1) is 37.0 Å². The highest BCUT2D eigenvalue weighted by atomic mass is 31.2. The van der Waals surface area contributed by atoms with Crippen LogP contribution >= 0.6 is 39.1 Å². The number of aromatic amines is 1. The van der Waals surface area contributed by atoms with E-state index in [1.165, 1.54) is 20.0 Å². The second-order valence-corrected chi connectivity index (χ2v) is 23.7. The predicted octanol–water partition coefficient (Wildman–Crippen LogP) is 5.56. The summed E-state index contributed by atoms with van der Waals surface area (Å²) in [6.07, 6.45) is 16.6. The maximum absolute atomic E-state index is 13.7. The fourth-order valence-corrected chi connectivity index (χ4v) is 10.5. The number of nitrogens with one attached hydrogen (secondary N) is 1. The van der Waals surface area contributed by atoms with Crippen LogP contribution in [0.25, 0.3) is 0 Å². The number of ether oxygens (including phenoxy) is 4. The van der Waals surface area contributed by atoms with Gasteiger partial charge in [-0.25, -0.2) is 27.6 Å². The number of phosphoric ester groups is 5. The third-order valence-electron chi connectivity index (χ3n) is 10.1. The molecule has 33 heteroatoms. The molecule has 1 saturated heterocycles. The number of nitrogens with zero attached hydrogens (tertiary/aromatic N) is 1. The summed E-state index contributed by atoms with van der Waals surface area (Å²) in [5.41, 5.74) is -3.33. The normalized spacial score (nSPS) is 20.4. The van der Waals surface area contributed by atoms with Crippen LogP contribution < -0.4 is 11.2 Å². The summed E-state index contributed by atoms with van der Waals surface area (Å²) < 4.78 is 139.